The van der Waals surface area contributed by atoms with Crippen LogP contribution in [0.4, 0.5) is 0 Å². The van der Waals surface area contributed by atoms with Crippen molar-refractivity contribution in [3.05, 3.63) is 42.1 Å². The summed E-state index contributed by atoms with van der Waals surface area (Å²) in [6.07, 6.45) is 11.8. The van der Waals surface area contributed by atoms with Crippen LogP contribution in [0, 0.1) is 0 Å². The van der Waals surface area contributed by atoms with Crippen molar-refractivity contribution in [1.29, 1.82) is 0 Å². The monoisotopic (exact) mass is 452 g/mol. The molecule has 0 spiro atoms. The van der Waals surface area contributed by atoms with Crippen LogP contribution in [0.25, 0.3) is 0 Å². The minimum Gasteiger partial charge on any atom is -0.147 e. The van der Waals surface area contributed by atoms with Gasteiger partial charge in [-0.3, -0.25) is 0 Å². The van der Waals surface area contributed by atoms with Gasteiger partial charge in [0.05, 0.1) is 0 Å². The third-order valence-electron chi connectivity index (χ3n) is 3.44. The summed E-state index contributed by atoms with van der Waals surface area (Å²) in [5.41, 5.74) is 3.13. The van der Waals surface area contributed by atoms with Gasteiger partial charge < -0.3 is 0 Å². The molecule has 0 aromatic carbocycles. The van der Waals surface area contributed by atoms with Gasteiger partial charge in [0.15, 0.2) is 0 Å². The van der Waals surface area contributed by atoms with Crippen LogP contribution in [-0.4, -0.2) is 3.26 Å². The average molecular weight is 452 g/mol. The molecule has 0 radical (unpaired) electrons. The Morgan fingerprint density at radius 3 is 1.50 bits per heavy atom. The fraction of sp³-hybridized carbons (Fsp3) is 0.400. The number of hydrogen-bond donors (Lipinski definition) is 0. The van der Waals surface area contributed by atoms with E-state index in [0.717, 1.165) is 0 Å². The van der Waals surface area contributed by atoms with Gasteiger partial charge in [-0.15, -0.1) is 24.8 Å². The maximum Gasteiger partial charge on any atom is -0.147 e. The zero-order valence-corrected chi connectivity index (χ0v) is 16.8. The molecule has 0 bridgehead atoms. The molecule has 18 heavy (non-hydrogen) atoms. The summed E-state index contributed by atoms with van der Waals surface area (Å²) in [7, 11) is 0. The zero-order chi connectivity index (χ0) is 11.7. The van der Waals surface area contributed by atoms with Gasteiger partial charge in [-0.05, 0) is 0 Å². The Morgan fingerprint density at radius 2 is 1.28 bits per heavy atom. The maximum absolute atomic E-state index is 2.36. The first-order valence-electron chi connectivity index (χ1n) is 6.02. The minimum atomic E-state index is -1.80. The first-order chi connectivity index (χ1) is 7.61. The van der Waals surface area contributed by atoms with Crippen LogP contribution in [0.1, 0.15) is 40.5 Å². The molecule has 0 aromatic rings. The molecule has 0 atom stereocenters. The topological polar surface area (TPSA) is 0 Å². The van der Waals surface area contributed by atoms with Crippen molar-refractivity contribution in [1.82, 2.24) is 0 Å². The summed E-state index contributed by atoms with van der Waals surface area (Å²) in [5.74, 6) is 0. The summed E-state index contributed by atoms with van der Waals surface area (Å²) in [6.45, 7) is 9.31. The van der Waals surface area contributed by atoms with Crippen LogP contribution in [0.3, 0.4) is 0 Å². The Morgan fingerprint density at radius 1 is 0.889 bits per heavy atom. The van der Waals surface area contributed by atoms with Crippen LogP contribution in [0.5, 0.6) is 0 Å². The van der Waals surface area contributed by atoms with Crippen molar-refractivity contribution < 1.29 is 21.0 Å². The molecule has 2 aliphatic carbocycles. The maximum atomic E-state index is 2.36. The first-order valence-corrected chi connectivity index (χ1v) is 11.4. The van der Waals surface area contributed by atoms with Gasteiger partial charge in [-0.2, -0.15) is 0 Å². The number of allylic oxidation sites excluding steroid dienone is 8. The zero-order valence-electron chi connectivity index (χ0n) is 11.5. The minimum absolute atomic E-state index is 0. The number of rotatable bonds is 2. The Labute approximate surface area is 131 Å². The predicted octanol–water partition coefficient (Wildman–Crippen LogP) is 5.13. The van der Waals surface area contributed by atoms with E-state index in [1.165, 1.54) is 12.8 Å². The Kier molecular flexibility index (Phi) is 7.89. The molecule has 0 aromatic heterocycles. The van der Waals surface area contributed by atoms with Crippen molar-refractivity contribution in [3.8, 4) is 0 Å². The van der Waals surface area contributed by atoms with Gasteiger partial charge >= 0.3 is 107 Å². The van der Waals surface area contributed by atoms with Gasteiger partial charge in [0.1, 0.15) is 0 Å². The van der Waals surface area contributed by atoms with Crippen molar-refractivity contribution in [2.24, 2.45) is 0 Å². The summed E-state index contributed by atoms with van der Waals surface area (Å²) < 4.78 is 5.38. The van der Waals surface area contributed by atoms with Crippen LogP contribution in [-0.2, 0) is 21.0 Å². The van der Waals surface area contributed by atoms with E-state index in [4.69, 9.17) is 0 Å². The molecule has 2 rings (SSSR count). The van der Waals surface area contributed by atoms with Crippen LogP contribution < -0.4 is 0 Å². The fourth-order valence-corrected chi connectivity index (χ4v) is 14.0. The molecular weight excluding hydrogens is 430 g/mol. The van der Waals surface area contributed by atoms with E-state index in [1.807, 2.05) is 6.66 Å². The third-order valence-corrected chi connectivity index (χ3v) is 15.7. The largest absolute Gasteiger partial charge is 0.147 e. The SMILES string of the molecule is CC1=[C]([Hf]([C]2=C(C)C=CC2)=[C](C)C)CC=C1.Cl.Cl. The number of hydrogen-bond acceptors (Lipinski definition) is 0. The van der Waals surface area contributed by atoms with Crippen LogP contribution in [0.2, 0.25) is 0 Å². The van der Waals surface area contributed by atoms with E-state index in [2.05, 4.69) is 52.0 Å². The summed E-state index contributed by atoms with van der Waals surface area (Å²) in [5, 5.41) is 0. The quantitative estimate of drug-likeness (QED) is 0.511. The van der Waals surface area contributed by atoms with Crippen LogP contribution in [0.15, 0.2) is 42.1 Å². The second-order valence-corrected chi connectivity index (χ2v) is 15.5. The van der Waals surface area contributed by atoms with Gasteiger partial charge in [0, 0.05) is 0 Å². The van der Waals surface area contributed by atoms with E-state index in [-0.39, 0.29) is 24.8 Å². The Balaban J connectivity index is 0.00000144. The van der Waals surface area contributed by atoms with Crippen molar-refractivity contribution in [3.63, 3.8) is 0 Å². The summed E-state index contributed by atoms with van der Waals surface area (Å²) >= 11 is -1.80. The van der Waals surface area contributed by atoms with Crippen molar-refractivity contribution in [2.45, 2.75) is 40.5 Å². The van der Waals surface area contributed by atoms with E-state index >= 15 is 0 Å². The molecule has 2 aliphatic rings. The Bertz CT molecular complexity index is 435. The van der Waals surface area contributed by atoms with Gasteiger partial charge in [0.2, 0.25) is 0 Å². The molecule has 0 unspecified atom stereocenters. The molecular formula is C15H22Cl2Hf. The molecule has 0 saturated carbocycles. The number of halogens is 2. The third kappa shape index (κ3) is 3.65. The summed E-state index contributed by atoms with van der Waals surface area (Å²) in [6, 6.07) is 0. The standard InChI is InChI=1S/2C6H7.C3H6.2ClH.Hf/c2*1-6-4-2-3-5-6;1-3-2;;;/h2*2,4H,3H2,1H3;1-2H3;2*1H;. The molecule has 0 fully saturated rings. The van der Waals surface area contributed by atoms with E-state index in [9.17, 15) is 0 Å². The van der Waals surface area contributed by atoms with Gasteiger partial charge in [-0.25, -0.2) is 0 Å². The molecule has 0 saturated heterocycles. The molecule has 100 valence electrons. The predicted molar refractivity (Wildman–Crippen MR) is 83.8 cm³/mol. The average Bonchev–Trinajstić information content (AvgIpc) is 2.79. The fourth-order valence-electron chi connectivity index (χ4n) is 2.61. The molecule has 0 aliphatic heterocycles. The van der Waals surface area contributed by atoms with Crippen molar-refractivity contribution >= 4 is 28.1 Å². The molecule has 0 heterocycles. The van der Waals surface area contributed by atoms with E-state index < -0.39 is 21.0 Å². The second kappa shape index (κ2) is 7.77. The van der Waals surface area contributed by atoms with Gasteiger partial charge in [0.25, 0.3) is 0 Å². The van der Waals surface area contributed by atoms with Crippen LogP contribution >= 0.6 is 24.8 Å². The van der Waals surface area contributed by atoms with E-state index in [1.54, 1.807) is 14.4 Å². The Hall–Kier alpha value is 0.280. The first kappa shape index (κ1) is 18.3. The normalized spacial score (nSPS) is 16.9. The molecule has 0 N–H and O–H groups in total. The van der Waals surface area contributed by atoms with Crippen molar-refractivity contribution in [2.75, 3.05) is 0 Å². The van der Waals surface area contributed by atoms with Gasteiger partial charge in [-0.1, -0.05) is 0 Å². The molecule has 0 amide bonds. The molecule has 3 heteroatoms. The second-order valence-electron chi connectivity index (χ2n) is 4.91. The summed E-state index contributed by atoms with van der Waals surface area (Å²) in [4.78, 5) is 0. The van der Waals surface area contributed by atoms with E-state index in [0.29, 0.717) is 0 Å². The molecule has 0 nitrogen and oxygen atoms in total. The smallest absolute Gasteiger partial charge is 0.147 e.